The number of aromatic nitrogens is 3. The molecule has 1 aliphatic heterocycles. The molecule has 3 heterocycles. The summed E-state index contributed by atoms with van der Waals surface area (Å²) in [6.45, 7) is 6.30. The van der Waals surface area contributed by atoms with E-state index in [0.29, 0.717) is 5.52 Å². The van der Waals surface area contributed by atoms with E-state index >= 15 is 0 Å². The molecule has 0 spiro atoms. The van der Waals surface area contributed by atoms with Crippen molar-refractivity contribution in [2.75, 3.05) is 18.9 Å². The van der Waals surface area contributed by atoms with Gasteiger partial charge in [0.15, 0.2) is 5.82 Å². The highest BCUT2D eigenvalue weighted by molar-refractivity contribution is 7.52. The van der Waals surface area contributed by atoms with Gasteiger partial charge in [-0.15, -0.1) is 0 Å². The molecule has 0 aliphatic carbocycles. The lowest BCUT2D eigenvalue weighted by Crippen LogP contribution is -2.52. The number of nitrogens with one attached hydrogen (secondary N) is 1. The molecular formula is C28H37N6O8P. The number of aliphatic hydroxyl groups excluding tert-OH is 1. The lowest BCUT2D eigenvalue weighted by atomic mass is 9.80. The third kappa shape index (κ3) is 6.38. The Balaban J connectivity index is 1.57. The molecule has 3 aromatic rings. The molecule has 5 N–H and O–H groups in total. The lowest BCUT2D eigenvalue weighted by molar-refractivity contribution is -0.146. The van der Waals surface area contributed by atoms with Crippen LogP contribution in [0.1, 0.15) is 46.2 Å². The molecule has 15 heteroatoms. The lowest BCUT2D eigenvalue weighted by Gasteiger charge is -2.33. The summed E-state index contributed by atoms with van der Waals surface area (Å²) in [5, 5.41) is 39.6. The fourth-order valence-corrected chi connectivity index (χ4v) is 6.37. The normalized spacial score (nSPS) is 25.7. The van der Waals surface area contributed by atoms with Gasteiger partial charge in [0.05, 0.1) is 18.9 Å². The predicted octanol–water partition coefficient (Wildman–Crippen LogP) is 2.70. The van der Waals surface area contributed by atoms with Crippen LogP contribution < -0.4 is 15.3 Å². The Bertz CT molecular complexity index is 1510. The van der Waals surface area contributed by atoms with Gasteiger partial charge < -0.3 is 29.9 Å². The Morgan fingerprint density at radius 1 is 1.28 bits per heavy atom. The fraction of sp³-hybridized carbons (Fsp3) is 0.500. The number of hydrogen-bond donors (Lipinski definition) is 4. The van der Waals surface area contributed by atoms with Crippen LogP contribution in [0.25, 0.3) is 5.52 Å². The third-order valence-corrected chi connectivity index (χ3v) is 9.31. The summed E-state index contributed by atoms with van der Waals surface area (Å²) in [6, 6.07) is 12.1. The first-order valence-corrected chi connectivity index (χ1v) is 15.5. The van der Waals surface area contributed by atoms with Gasteiger partial charge in [-0.2, -0.15) is 15.4 Å². The topological polar surface area (TPSA) is 204 Å². The van der Waals surface area contributed by atoms with Crippen LogP contribution in [0, 0.1) is 17.2 Å². The minimum Gasteiger partial charge on any atom is -0.464 e. The molecule has 0 bridgehead atoms. The van der Waals surface area contributed by atoms with Gasteiger partial charge in [-0.3, -0.25) is 9.32 Å². The summed E-state index contributed by atoms with van der Waals surface area (Å²) < 4.78 is 38.0. The maximum Gasteiger partial charge on any atom is 0.459 e. The molecule has 1 saturated heterocycles. The highest BCUT2D eigenvalue weighted by atomic mass is 31.2. The van der Waals surface area contributed by atoms with Gasteiger partial charge in [0.25, 0.3) is 0 Å². The summed E-state index contributed by atoms with van der Waals surface area (Å²) in [5.41, 5.74) is 2.04. The van der Waals surface area contributed by atoms with E-state index in [0.717, 1.165) is 12.8 Å². The maximum absolute atomic E-state index is 14.0. The van der Waals surface area contributed by atoms with E-state index in [2.05, 4.69) is 15.2 Å². The van der Waals surface area contributed by atoms with Gasteiger partial charge >= 0.3 is 13.7 Å². The van der Waals surface area contributed by atoms with E-state index in [1.807, 2.05) is 19.9 Å². The maximum atomic E-state index is 14.0. The average molecular weight is 617 g/mol. The van der Waals surface area contributed by atoms with Crippen LogP contribution in [-0.4, -0.2) is 67.8 Å². The van der Waals surface area contributed by atoms with Crippen LogP contribution in [-0.2, 0) is 29.0 Å². The van der Waals surface area contributed by atoms with Gasteiger partial charge in [-0.1, -0.05) is 44.9 Å². The number of esters is 1. The van der Waals surface area contributed by atoms with Crippen molar-refractivity contribution in [3.05, 3.63) is 54.5 Å². The Labute approximate surface area is 249 Å². The molecule has 1 aromatic carbocycles. The van der Waals surface area contributed by atoms with Crippen LogP contribution >= 0.6 is 7.75 Å². The fourth-order valence-electron chi connectivity index (χ4n) is 4.86. The highest BCUT2D eigenvalue weighted by Gasteiger charge is 2.65. The molecule has 0 amide bonds. The average Bonchev–Trinajstić information content (AvgIpc) is 3.51. The van der Waals surface area contributed by atoms with E-state index in [1.54, 1.807) is 36.4 Å². The molecule has 4 rings (SSSR count). The number of fused-ring (bicyclic) bond motifs is 1. The molecule has 0 radical (unpaired) electrons. The number of benzene rings is 1. The number of aliphatic hydroxyl groups is 2. The quantitative estimate of drug-likeness (QED) is 0.161. The standard InChI is InChI=1S/C28H37N6O8P/c1-5-19(6-2)14-39-26(36)18(3)33-43(38,42-20-10-8-7-9-11-20)40-15-22-24(35)27(4,37)28(16-29,41-22)23-13-12-21-25(30)31-17-32-34(21)23/h7-13,17-19,22,24,35,37H,5-6,14-15H2,1-4H3,(H,33,38)(H2,30,31,32)/t18-,22+,24+,27+,28-,43?/m0/s1. The van der Waals surface area contributed by atoms with E-state index in [-0.39, 0.29) is 29.8 Å². The second-order valence-corrected chi connectivity index (χ2v) is 12.3. The first-order chi connectivity index (χ1) is 20.4. The number of rotatable bonds is 13. The highest BCUT2D eigenvalue weighted by Crippen LogP contribution is 2.50. The van der Waals surface area contributed by atoms with Crippen molar-refractivity contribution in [2.45, 2.75) is 70.0 Å². The number of nitriles is 1. The van der Waals surface area contributed by atoms with Crippen molar-refractivity contribution >= 4 is 25.1 Å². The number of anilines is 1. The molecule has 6 atom stereocenters. The molecule has 2 aromatic heterocycles. The van der Waals surface area contributed by atoms with Gasteiger partial charge in [0.1, 0.15) is 47.5 Å². The number of carbonyl (C=O) groups is 1. The molecule has 1 unspecified atom stereocenters. The van der Waals surface area contributed by atoms with Crippen LogP contribution in [0.5, 0.6) is 5.75 Å². The summed E-state index contributed by atoms with van der Waals surface area (Å²) in [4.78, 5) is 16.6. The zero-order valence-electron chi connectivity index (χ0n) is 24.4. The monoisotopic (exact) mass is 616 g/mol. The molecule has 1 aliphatic rings. The van der Waals surface area contributed by atoms with Gasteiger partial charge in [0.2, 0.25) is 5.60 Å². The summed E-state index contributed by atoms with van der Waals surface area (Å²) >= 11 is 0. The van der Waals surface area contributed by atoms with Crippen LogP contribution in [0.3, 0.4) is 0 Å². The summed E-state index contributed by atoms with van der Waals surface area (Å²) in [6.07, 6.45) is -0.213. The molecule has 43 heavy (non-hydrogen) atoms. The predicted molar refractivity (Wildman–Crippen MR) is 154 cm³/mol. The van der Waals surface area contributed by atoms with E-state index in [4.69, 9.17) is 24.3 Å². The van der Waals surface area contributed by atoms with Crippen molar-refractivity contribution in [3.63, 3.8) is 0 Å². The molecule has 14 nitrogen and oxygen atoms in total. The van der Waals surface area contributed by atoms with Crippen molar-refractivity contribution in [1.29, 1.82) is 5.26 Å². The minimum atomic E-state index is -4.34. The summed E-state index contributed by atoms with van der Waals surface area (Å²) in [5.74, 6) is -0.156. The largest absolute Gasteiger partial charge is 0.464 e. The smallest absolute Gasteiger partial charge is 0.459 e. The molecule has 1 fully saturated rings. The number of ether oxygens (including phenoxy) is 2. The Kier molecular flexibility index (Phi) is 9.76. The first kappa shape index (κ1) is 32.3. The molecular weight excluding hydrogens is 579 g/mol. The van der Waals surface area contributed by atoms with Gasteiger partial charge in [0, 0.05) is 0 Å². The third-order valence-electron chi connectivity index (χ3n) is 7.67. The van der Waals surface area contributed by atoms with E-state index in [1.165, 1.54) is 30.8 Å². The number of nitrogen functional groups attached to an aromatic ring is 1. The minimum absolute atomic E-state index is 0.0846. The first-order valence-electron chi connectivity index (χ1n) is 13.9. The number of nitrogens with two attached hydrogens (primary N) is 1. The van der Waals surface area contributed by atoms with Gasteiger partial charge in [-0.25, -0.2) is 14.1 Å². The second kappa shape index (κ2) is 13.0. The van der Waals surface area contributed by atoms with E-state index in [9.17, 15) is 24.8 Å². The number of para-hydroxylation sites is 1. The van der Waals surface area contributed by atoms with Gasteiger partial charge in [-0.05, 0) is 44.0 Å². The zero-order chi connectivity index (χ0) is 31.4. The number of hydrogen-bond acceptors (Lipinski definition) is 12. The van der Waals surface area contributed by atoms with Crippen LogP contribution in [0.15, 0.2) is 48.8 Å². The molecule has 232 valence electrons. The van der Waals surface area contributed by atoms with Crippen LogP contribution in [0.2, 0.25) is 0 Å². The molecule has 0 saturated carbocycles. The van der Waals surface area contributed by atoms with Crippen molar-refractivity contribution in [3.8, 4) is 11.8 Å². The second-order valence-electron chi connectivity index (χ2n) is 10.6. The summed E-state index contributed by atoms with van der Waals surface area (Å²) in [7, 11) is -4.34. The number of carbonyl (C=O) groups excluding carboxylic acids is 1. The zero-order valence-corrected chi connectivity index (χ0v) is 25.3. The Morgan fingerprint density at radius 3 is 2.63 bits per heavy atom. The van der Waals surface area contributed by atoms with Crippen molar-refractivity contribution in [2.24, 2.45) is 5.92 Å². The van der Waals surface area contributed by atoms with E-state index < -0.39 is 49.8 Å². The van der Waals surface area contributed by atoms with Crippen molar-refractivity contribution in [1.82, 2.24) is 19.7 Å². The Morgan fingerprint density at radius 2 is 1.98 bits per heavy atom. The Hall–Kier alpha value is -3.57. The number of nitrogens with zero attached hydrogens (tertiary/aromatic N) is 4. The SMILES string of the molecule is CCC(CC)COC(=O)[C@H](C)NP(=O)(OC[C@H]1O[C@@](C#N)(c2ccc3c(N)ncnn23)[C@](C)(O)[C@@H]1O)Oc1ccccc1. The van der Waals surface area contributed by atoms with Crippen LogP contribution in [0.4, 0.5) is 5.82 Å². The van der Waals surface area contributed by atoms with Crippen molar-refractivity contribution < 1.29 is 38.1 Å².